The number of nitrogens with zero attached hydrogens (tertiary/aromatic N) is 1. The van der Waals surface area contributed by atoms with E-state index in [4.69, 9.17) is 0 Å². The monoisotopic (exact) mass is 523 g/mol. The maximum Gasteiger partial charge on any atom is 0.0547 e. The van der Waals surface area contributed by atoms with Gasteiger partial charge in [0.05, 0.1) is 11.0 Å². The molecule has 0 aliphatic heterocycles. The van der Waals surface area contributed by atoms with Crippen LogP contribution in [0.3, 0.4) is 0 Å². The van der Waals surface area contributed by atoms with Crippen LogP contribution in [0.1, 0.15) is 0 Å². The molecule has 1 heterocycles. The first-order chi connectivity index (χ1) is 17.8. The molecule has 0 N–H and O–H groups in total. The van der Waals surface area contributed by atoms with Crippen LogP contribution >= 0.6 is 15.9 Å². The van der Waals surface area contributed by atoms with Crippen molar-refractivity contribution < 1.29 is 0 Å². The van der Waals surface area contributed by atoms with Gasteiger partial charge in [-0.25, -0.2) is 0 Å². The van der Waals surface area contributed by atoms with Crippen LogP contribution in [0.4, 0.5) is 0 Å². The van der Waals surface area contributed by atoms with Crippen LogP contribution < -0.4 is 0 Å². The van der Waals surface area contributed by atoms with Crippen molar-refractivity contribution in [2.75, 3.05) is 0 Å². The number of halogens is 1. The molecule has 0 saturated heterocycles. The molecule has 6 aromatic carbocycles. The summed E-state index contributed by atoms with van der Waals surface area (Å²) in [6, 6.07) is 48.1. The second kappa shape index (κ2) is 8.51. The third-order valence-electron chi connectivity index (χ3n) is 7.04. The molecule has 7 aromatic rings. The summed E-state index contributed by atoms with van der Waals surface area (Å²) in [5.74, 6) is 0. The first-order valence-electron chi connectivity index (χ1n) is 12.1. The molecule has 0 radical (unpaired) electrons. The Bertz CT molecular complexity index is 1910. The Balaban J connectivity index is 1.50. The number of aromatic nitrogens is 1. The predicted molar refractivity (Wildman–Crippen MR) is 157 cm³/mol. The van der Waals surface area contributed by atoms with Crippen LogP contribution in [-0.4, -0.2) is 4.57 Å². The third-order valence-corrected chi connectivity index (χ3v) is 7.53. The van der Waals surface area contributed by atoms with Gasteiger partial charge in [0.15, 0.2) is 0 Å². The van der Waals surface area contributed by atoms with Crippen LogP contribution in [0.5, 0.6) is 0 Å². The fraction of sp³-hybridized carbons (Fsp3) is 0. The minimum atomic E-state index is 1.08. The third kappa shape index (κ3) is 3.45. The first-order valence-corrected chi connectivity index (χ1v) is 12.9. The predicted octanol–water partition coefficient (Wildman–Crippen LogP) is 10.0. The number of fused-ring (bicyclic) bond motifs is 4. The molecule has 0 unspecified atom stereocenters. The Morgan fingerprint density at radius 3 is 1.97 bits per heavy atom. The van der Waals surface area contributed by atoms with Crippen molar-refractivity contribution in [2.24, 2.45) is 0 Å². The van der Waals surface area contributed by atoms with E-state index in [1.807, 2.05) is 0 Å². The van der Waals surface area contributed by atoms with Crippen molar-refractivity contribution in [2.45, 2.75) is 0 Å². The number of hydrogen-bond donors (Lipinski definition) is 0. The highest BCUT2D eigenvalue weighted by Crippen LogP contribution is 2.38. The zero-order chi connectivity index (χ0) is 24.1. The lowest BCUT2D eigenvalue weighted by atomic mass is 9.94. The molecular weight excluding hydrogens is 502 g/mol. The maximum atomic E-state index is 3.64. The van der Waals surface area contributed by atoms with Gasteiger partial charge in [-0.2, -0.15) is 0 Å². The average molecular weight is 524 g/mol. The van der Waals surface area contributed by atoms with Crippen molar-refractivity contribution in [1.82, 2.24) is 4.57 Å². The average Bonchev–Trinajstić information content (AvgIpc) is 3.26. The van der Waals surface area contributed by atoms with Gasteiger partial charge in [-0.1, -0.05) is 113 Å². The molecule has 0 spiro atoms. The van der Waals surface area contributed by atoms with Gasteiger partial charge in [0, 0.05) is 20.9 Å². The summed E-state index contributed by atoms with van der Waals surface area (Å²) >= 11 is 3.64. The van der Waals surface area contributed by atoms with Gasteiger partial charge < -0.3 is 4.57 Å². The first kappa shape index (κ1) is 21.2. The molecule has 170 valence electrons. The number of benzene rings is 6. The summed E-state index contributed by atoms with van der Waals surface area (Å²) in [6.45, 7) is 0. The number of rotatable bonds is 3. The Labute approximate surface area is 218 Å². The van der Waals surface area contributed by atoms with Gasteiger partial charge in [-0.3, -0.25) is 0 Å². The Kier molecular flexibility index (Phi) is 5.00. The lowest BCUT2D eigenvalue weighted by molar-refractivity contribution is 1.19. The van der Waals surface area contributed by atoms with E-state index >= 15 is 0 Å². The largest absolute Gasteiger partial charge is 0.309 e. The van der Waals surface area contributed by atoms with Crippen molar-refractivity contribution in [3.63, 3.8) is 0 Å². The SMILES string of the molecule is Brc1cccc(-c2ccccc2-c2ccc3c4ccccc4n(-c4ccc5ccccc5c4)c3c2)c1. The molecule has 7 rings (SSSR count). The van der Waals surface area contributed by atoms with E-state index in [1.165, 1.54) is 60.5 Å². The van der Waals surface area contributed by atoms with E-state index in [0.717, 1.165) is 4.47 Å². The molecular formula is C34H22BrN. The van der Waals surface area contributed by atoms with Gasteiger partial charge in [0.25, 0.3) is 0 Å². The van der Waals surface area contributed by atoms with Crippen LogP contribution in [0.15, 0.2) is 138 Å². The highest BCUT2D eigenvalue weighted by atomic mass is 79.9. The van der Waals surface area contributed by atoms with E-state index in [2.05, 4.69) is 154 Å². The topological polar surface area (TPSA) is 4.93 Å². The molecule has 2 heteroatoms. The molecule has 1 aromatic heterocycles. The molecule has 1 nitrogen and oxygen atoms in total. The number of hydrogen-bond acceptors (Lipinski definition) is 0. The molecule has 0 saturated carbocycles. The van der Waals surface area contributed by atoms with Crippen molar-refractivity contribution in [3.05, 3.63) is 138 Å². The molecule has 0 aliphatic rings. The molecule has 0 bridgehead atoms. The fourth-order valence-electron chi connectivity index (χ4n) is 5.37. The Morgan fingerprint density at radius 1 is 0.444 bits per heavy atom. The quantitative estimate of drug-likeness (QED) is 0.217. The summed E-state index contributed by atoms with van der Waals surface area (Å²) in [7, 11) is 0. The Morgan fingerprint density at radius 2 is 1.14 bits per heavy atom. The minimum Gasteiger partial charge on any atom is -0.309 e. The zero-order valence-corrected chi connectivity index (χ0v) is 21.1. The summed E-state index contributed by atoms with van der Waals surface area (Å²) < 4.78 is 3.49. The van der Waals surface area contributed by atoms with Crippen molar-refractivity contribution in [1.29, 1.82) is 0 Å². The van der Waals surface area contributed by atoms with Crippen LogP contribution in [0, 0.1) is 0 Å². The van der Waals surface area contributed by atoms with Crippen LogP contribution in [0.2, 0.25) is 0 Å². The second-order valence-corrected chi connectivity index (χ2v) is 10.1. The van der Waals surface area contributed by atoms with Crippen LogP contribution in [0.25, 0.3) is 60.5 Å². The second-order valence-electron chi connectivity index (χ2n) is 9.17. The van der Waals surface area contributed by atoms with Gasteiger partial charge in [-0.15, -0.1) is 0 Å². The molecule has 0 aliphatic carbocycles. The lowest BCUT2D eigenvalue weighted by Crippen LogP contribution is -1.94. The lowest BCUT2D eigenvalue weighted by Gasteiger charge is -2.13. The summed E-state index contributed by atoms with van der Waals surface area (Å²) in [6.07, 6.45) is 0. The van der Waals surface area contributed by atoms with E-state index in [9.17, 15) is 0 Å². The minimum absolute atomic E-state index is 1.08. The molecule has 36 heavy (non-hydrogen) atoms. The van der Waals surface area contributed by atoms with Gasteiger partial charge in [-0.05, 0) is 69.4 Å². The van der Waals surface area contributed by atoms with E-state index in [1.54, 1.807) is 0 Å². The summed E-state index contributed by atoms with van der Waals surface area (Å²) in [4.78, 5) is 0. The Hall–Kier alpha value is -4.14. The normalized spacial score (nSPS) is 11.5. The van der Waals surface area contributed by atoms with Crippen molar-refractivity contribution in [3.8, 4) is 27.9 Å². The maximum absolute atomic E-state index is 3.64. The van der Waals surface area contributed by atoms with E-state index in [-0.39, 0.29) is 0 Å². The van der Waals surface area contributed by atoms with Gasteiger partial charge in [0.1, 0.15) is 0 Å². The number of para-hydroxylation sites is 1. The van der Waals surface area contributed by atoms with Gasteiger partial charge in [0.2, 0.25) is 0 Å². The van der Waals surface area contributed by atoms with Crippen molar-refractivity contribution >= 4 is 48.5 Å². The fourth-order valence-corrected chi connectivity index (χ4v) is 5.77. The summed E-state index contributed by atoms with van der Waals surface area (Å²) in [5, 5.41) is 5.04. The standard InChI is InChI=1S/C34H22BrN/c35-27-11-7-10-25(20-27)29-12-3-4-13-30(29)26-17-19-32-31-14-5-6-15-33(31)36(34(32)22-26)28-18-16-23-8-1-2-9-24(23)21-28/h1-22H. The molecule has 0 fully saturated rings. The summed E-state index contributed by atoms with van der Waals surface area (Å²) in [5.41, 5.74) is 8.49. The highest BCUT2D eigenvalue weighted by molar-refractivity contribution is 9.10. The smallest absolute Gasteiger partial charge is 0.0547 e. The van der Waals surface area contributed by atoms with Crippen LogP contribution in [-0.2, 0) is 0 Å². The molecule has 0 amide bonds. The highest BCUT2D eigenvalue weighted by Gasteiger charge is 2.15. The van der Waals surface area contributed by atoms with E-state index < -0.39 is 0 Å². The zero-order valence-electron chi connectivity index (χ0n) is 19.5. The van der Waals surface area contributed by atoms with Gasteiger partial charge >= 0.3 is 0 Å². The van der Waals surface area contributed by atoms with E-state index in [0.29, 0.717) is 0 Å². The molecule has 0 atom stereocenters.